The predicted molar refractivity (Wildman–Crippen MR) is 58.0 cm³/mol. The van der Waals surface area contributed by atoms with Crippen LogP contribution in [-0.4, -0.2) is 14.9 Å². The third-order valence-electron chi connectivity index (χ3n) is 1.96. The van der Waals surface area contributed by atoms with Gasteiger partial charge in [-0.1, -0.05) is 0 Å². The van der Waals surface area contributed by atoms with Gasteiger partial charge in [0, 0.05) is 18.8 Å². The van der Waals surface area contributed by atoms with Gasteiger partial charge in [0.25, 0.3) is 0 Å². The van der Waals surface area contributed by atoms with Crippen LogP contribution in [0.5, 0.6) is 5.75 Å². The molecule has 4 heteroatoms. The molecule has 0 amide bonds. The van der Waals surface area contributed by atoms with E-state index < -0.39 is 0 Å². The van der Waals surface area contributed by atoms with Crippen LogP contribution in [0.25, 0.3) is 11.3 Å². The van der Waals surface area contributed by atoms with Crippen molar-refractivity contribution in [2.75, 3.05) is 0 Å². The van der Waals surface area contributed by atoms with Crippen LogP contribution in [0.4, 0.5) is 0 Å². The van der Waals surface area contributed by atoms with E-state index in [9.17, 15) is 5.11 Å². The monoisotopic (exact) mass is 252 g/mol. The number of benzene rings is 1. The Labute approximate surface area is 90.1 Å². The molecule has 1 aromatic carbocycles. The zero-order chi connectivity index (χ0) is 10.1. The highest BCUT2D eigenvalue weighted by Crippen LogP contribution is 2.28. The highest BCUT2D eigenvalue weighted by molar-refractivity contribution is 9.10. The lowest BCUT2D eigenvalue weighted by molar-refractivity contribution is 0.472. The zero-order valence-electron chi connectivity index (χ0n) is 7.61. The third kappa shape index (κ3) is 1.65. The Morgan fingerprint density at radius 2 is 2.14 bits per heavy atom. The Morgan fingerprint density at radius 3 is 2.71 bits per heavy atom. The normalized spacial score (nSPS) is 10.4. The van der Waals surface area contributed by atoms with Crippen LogP contribution < -0.4 is 0 Å². The molecule has 1 aromatic heterocycles. The van der Waals surface area contributed by atoms with Crippen LogP contribution >= 0.6 is 15.9 Å². The first-order valence-corrected chi connectivity index (χ1v) is 4.94. The molecule has 2 aromatic rings. The summed E-state index contributed by atoms with van der Waals surface area (Å²) in [6, 6.07) is 7.26. The van der Waals surface area contributed by atoms with Crippen molar-refractivity contribution in [1.82, 2.24) is 9.78 Å². The van der Waals surface area contributed by atoms with Gasteiger partial charge in [-0.15, -0.1) is 0 Å². The molecule has 1 N–H and O–H groups in total. The number of aromatic hydroxyl groups is 1. The number of aryl methyl sites for hydroxylation is 1. The first-order valence-electron chi connectivity index (χ1n) is 4.15. The highest BCUT2D eigenvalue weighted by Gasteiger charge is 2.03. The molecule has 14 heavy (non-hydrogen) atoms. The maximum atomic E-state index is 9.32. The SMILES string of the molecule is Cn1ccc(-c2ccc(O)c(Br)c2)n1. The van der Waals surface area contributed by atoms with Gasteiger partial charge in [-0.05, 0) is 40.2 Å². The molecule has 0 aliphatic rings. The van der Waals surface area contributed by atoms with Crippen molar-refractivity contribution >= 4 is 15.9 Å². The largest absolute Gasteiger partial charge is 0.507 e. The number of halogens is 1. The number of phenols is 1. The van der Waals surface area contributed by atoms with Gasteiger partial charge in [0.2, 0.25) is 0 Å². The zero-order valence-corrected chi connectivity index (χ0v) is 9.19. The number of phenolic OH excluding ortho intramolecular Hbond substituents is 1. The lowest BCUT2D eigenvalue weighted by atomic mass is 10.1. The number of hydrogen-bond acceptors (Lipinski definition) is 2. The summed E-state index contributed by atoms with van der Waals surface area (Å²) in [5.41, 5.74) is 1.88. The van der Waals surface area contributed by atoms with E-state index in [1.54, 1.807) is 10.7 Å². The number of nitrogens with zero attached hydrogens (tertiary/aromatic N) is 2. The second-order valence-corrected chi connectivity index (χ2v) is 3.90. The van der Waals surface area contributed by atoms with Crippen LogP contribution in [0.1, 0.15) is 0 Å². The van der Waals surface area contributed by atoms with E-state index in [-0.39, 0.29) is 5.75 Å². The molecule has 0 bridgehead atoms. The summed E-state index contributed by atoms with van der Waals surface area (Å²) in [4.78, 5) is 0. The fraction of sp³-hybridized carbons (Fsp3) is 0.100. The van der Waals surface area contributed by atoms with E-state index in [2.05, 4.69) is 21.0 Å². The standard InChI is InChI=1S/C10H9BrN2O/c1-13-5-4-9(12-13)7-2-3-10(14)8(11)6-7/h2-6,14H,1H3. The fourth-order valence-corrected chi connectivity index (χ4v) is 1.61. The van der Waals surface area contributed by atoms with Crippen molar-refractivity contribution in [1.29, 1.82) is 0 Å². The van der Waals surface area contributed by atoms with E-state index in [1.165, 1.54) is 0 Å². The van der Waals surface area contributed by atoms with Gasteiger partial charge in [0.15, 0.2) is 0 Å². The minimum absolute atomic E-state index is 0.240. The summed E-state index contributed by atoms with van der Waals surface area (Å²) in [6.07, 6.45) is 1.89. The van der Waals surface area contributed by atoms with Crippen molar-refractivity contribution in [3.05, 3.63) is 34.9 Å². The van der Waals surface area contributed by atoms with Gasteiger partial charge >= 0.3 is 0 Å². The molecule has 1 heterocycles. The summed E-state index contributed by atoms with van der Waals surface area (Å²) >= 11 is 3.27. The molecular weight excluding hydrogens is 244 g/mol. The maximum Gasteiger partial charge on any atom is 0.129 e. The second-order valence-electron chi connectivity index (χ2n) is 3.04. The van der Waals surface area contributed by atoms with Gasteiger partial charge in [0.05, 0.1) is 10.2 Å². The molecule has 0 fully saturated rings. The van der Waals surface area contributed by atoms with Crippen molar-refractivity contribution in [3.8, 4) is 17.0 Å². The van der Waals surface area contributed by atoms with Crippen molar-refractivity contribution in [2.24, 2.45) is 7.05 Å². The Balaban J connectivity index is 2.47. The van der Waals surface area contributed by atoms with Crippen molar-refractivity contribution in [3.63, 3.8) is 0 Å². The predicted octanol–water partition coefficient (Wildman–Crippen LogP) is 2.56. The maximum absolute atomic E-state index is 9.32. The highest BCUT2D eigenvalue weighted by atomic mass is 79.9. The van der Waals surface area contributed by atoms with E-state index in [1.807, 2.05) is 31.4 Å². The molecule has 0 saturated carbocycles. The summed E-state index contributed by atoms with van der Waals surface area (Å²) < 4.78 is 2.43. The first-order chi connectivity index (χ1) is 6.66. The van der Waals surface area contributed by atoms with E-state index in [4.69, 9.17) is 0 Å². The van der Waals surface area contributed by atoms with Crippen LogP contribution in [0.3, 0.4) is 0 Å². The molecule has 72 valence electrons. The molecule has 0 radical (unpaired) electrons. The molecule has 0 aliphatic heterocycles. The number of aromatic nitrogens is 2. The van der Waals surface area contributed by atoms with Crippen LogP contribution in [0.2, 0.25) is 0 Å². The van der Waals surface area contributed by atoms with Crippen molar-refractivity contribution in [2.45, 2.75) is 0 Å². The molecule has 0 unspecified atom stereocenters. The molecule has 2 rings (SSSR count). The summed E-state index contributed by atoms with van der Waals surface area (Å²) in [6.45, 7) is 0. The fourth-order valence-electron chi connectivity index (χ4n) is 1.24. The van der Waals surface area contributed by atoms with Gasteiger partial charge in [-0.2, -0.15) is 5.10 Å². The topological polar surface area (TPSA) is 38.0 Å². The Hall–Kier alpha value is -1.29. The van der Waals surface area contributed by atoms with Gasteiger partial charge in [-0.3, -0.25) is 4.68 Å². The Bertz CT molecular complexity index is 465. The van der Waals surface area contributed by atoms with Gasteiger partial charge < -0.3 is 5.11 Å². The molecular formula is C10H9BrN2O. The quantitative estimate of drug-likeness (QED) is 0.848. The third-order valence-corrected chi connectivity index (χ3v) is 2.59. The lowest BCUT2D eigenvalue weighted by Crippen LogP contribution is -1.87. The minimum Gasteiger partial charge on any atom is -0.507 e. The summed E-state index contributed by atoms with van der Waals surface area (Å²) in [5, 5.41) is 13.6. The molecule has 0 spiro atoms. The molecule has 0 atom stereocenters. The Morgan fingerprint density at radius 1 is 1.36 bits per heavy atom. The first kappa shape index (κ1) is 9.27. The average Bonchev–Trinajstić information content (AvgIpc) is 2.57. The number of hydrogen-bond donors (Lipinski definition) is 1. The van der Waals surface area contributed by atoms with Crippen LogP contribution in [-0.2, 0) is 7.05 Å². The van der Waals surface area contributed by atoms with Crippen molar-refractivity contribution < 1.29 is 5.11 Å². The second kappa shape index (κ2) is 3.46. The van der Waals surface area contributed by atoms with E-state index >= 15 is 0 Å². The van der Waals surface area contributed by atoms with E-state index in [0.717, 1.165) is 11.3 Å². The summed E-state index contributed by atoms with van der Waals surface area (Å²) in [5.74, 6) is 0.240. The molecule has 0 saturated heterocycles. The Kier molecular flexibility index (Phi) is 2.29. The average molecular weight is 253 g/mol. The summed E-state index contributed by atoms with van der Waals surface area (Å²) in [7, 11) is 1.87. The van der Waals surface area contributed by atoms with Crippen LogP contribution in [0.15, 0.2) is 34.9 Å². The van der Waals surface area contributed by atoms with Gasteiger partial charge in [-0.25, -0.2) is 0 Å². The van der Waals surface area contributed by atoms with Gasteiger partial charge in [0.1, 0.15) is 5.75 Å². The molecule has 0 aliphatic carbocycles. The van der Waals surface area contributed by atoms with E-state index in [0.29, 0.717) is 4.47 Å². The minimum atomic E-state index is 0.240. The smallest absolute Gasteiger partial charge is 0.129 e. The van der Waals surface area contributed by atoms with Crippen LogP contribution in [0, 0.1) is 0 Å². The lowest BCUT2D eigenvalue weighted by Gasteiger charge is -1.99. The molecule has 3 nitrogen and oxygen atoms in total. The number of rotatable bonds is 1.